The Hall–Kier alpha value is -8.35. The number of nitrogens with zero attached hydrogens (tertiary/aromatic N) is 4. The van der Waals surface area contributed by atoms with E-state index in [0.717, 1.165) is 82.9 Å². The Morgan fingerprint density at radius 3 is 1.84 bits per heavy atom. The number of aromatic nitrogens is 4. The van der Waals surface area contributed by atoms with Crippen LogP contribution in [0.25, 0.3) is 127 Å². The number of para-hydroxylation sites is 2. The fraction of sp³-hybridized carbons (Fsp3) is 0. The van der Waals surface area contributed by atoms with Crippen LogP contribution in [0, 0.1) is 0 Å². The van der Waals surface area contributed by atoms with E-state index in [1.54, 1.807) is 0 Å². The lowest BCUT2D eigenvalue weighted by atomic mass is 9.97. The van der Waals surface area contributed by atoms with Crippen molar-refractivity contribution in [2.75, 3.05) is 0 Å². The average molecular weight is 781 g/mol. The van der Waals surface area contributed by atoms with Crippen molar-refractivity contribution >= 4 is 76.4 Å². The number of hydrogen-bond acceptors (Lipinski definition) is 5. The highest BCUT2D eigenvalue weighted by Crippen LogP contribution is 2.43. The Bertz CT molecular complexity index is 3820. The van der Waals surface area contributed by atoms with Gasteiger partial charge in [0.05, 0.1) is 27.8 Å². The summed E-state index contributed by atoms with van der Waals surface area (Å²) in [5, 5.41) is 8.62. The number of rotatable bonds is 5. The second-order valence-electron chi connectivity index (χ2n) is 15.6. The number of oxazole rings is 1. The third kappa shape index (κ3) is 5.26. The zero-order valence-corrected chi connectivity index (χ0v) is 32.6. The molecule has 0 saturated heterocycles. The molecule has 4 heterocycles. The monoisotopic (exact) mass is 780 g/mol. The van der Waals surface area contributed by atoms with Gasteiger partial charge in [0.2, 0.25) is 5.89 Å². The first-order chi connectivity index (χ1) is 30.2. The Kier molecular flexibility index (Phi) is 7.21. The van der Waals surface area contributed by atoms with E-state index in [2.05, 4.69) is 156 Å². The summed E-state index contributed by atoms with van der Waals surface area (Å²) < 4.78 is 15.6. The van der Waals surface area contributed by atoms with Gasteiger partial charge in [-0.05, 0) is 82.9 Å². The molecule has 9 aromatic carbocycles. The van der Waals surface area contributed by atoms with Gasteiger partial charge in [0.1, 0.15) is 16.7 Å². The minimum Gasteiger partial charge on any atom is -0.455 e. The van der Waals surface area contributed by atoms with Crippen molar-refractivity contribution in [3.63, 3.8) is 0 Å². The van der Waals surface area contributed by atoms with Gasteiger partial charge in [-0.15, -0.1) is 0 Å². The van der Waals surface area contributed by atoms with E-state index in [9.17, 15) is 0 Å². The lowest BCUT2D eigenvalue weighted by molar-refractivity contribution is 0.622. The molecule has 0 aliphatic heterocycles. The van der Waals surface area contributed by atoms with E-state index in [-0.39, 0.29) is 0 Å². The van der Waals surface area contributed by atoms with Gasteiger partial charge >= 0.3 is 0 Å². The fourth-order valence-electron chi connectivity index (χ4n) is 9.16. The van der Waals surface area contributed by atoms with Crippen LogP contribution in [-0.4, -0.2) is 19.5 Å². The highest BCUT2D eigenvalue weighted by molar-refractivity contribution is 6.24. The molecule has 0 aliphatic carbocycles. The van der Waals surface area contributed by atoms with Gasteiger partial charge in [-0.3, -0.25) is 0 Å². The minimum atomic E-state index is 0.572. The standard InChI is InChI=1S/C55H32N4O2/c1-2-13-35(14-3-1)55-58-45-28-29-50-51(53(45)61-55)44-31-43(39-16-6-7-19-42(39)52(44)60-50)47-32-46(56-54(57-47)37-23-22-33-12-4-5-15-36(33)30-37)34-24-26-38(27-25-34)59-48-20-10-8-17-40(48)41-18-9-11-21-49(41)59/h1-32H. The largest absolute Gasteiger partial charge is 0.455 e. The zero-order chi connectivity index (χ0) is 40.0. The molecule has 13 aromatic rings. The van der Waals surface area contributed by atoms with Crippen LogP contribution < -0.4 is 0 Å². The van der Waals surface area contributed by atoms with Crippen LogP contribution in [-0.2, 0) is 0 Å². The first kappa shape index (κ1) is 33.6. The Balaban J connectivity index is 1.03. The summed E-state index contributed by atoms with van der Waals surface area (Å²) in [6.45, 7) is 0. The average Bonchev–Trinajstić information content (AvgIpc) is 4.04. The van der Waals surface area contributed by atoms with Gasteiger partial charge in [-0.2, -0.15) is 0 Å². The van der Waals surface area contributed by atoms with Crippen molar-refractivity contribution < 1.29 is 8.83 Å². The second kappa shape index (κ2) is 13.1. The molecule has 61 heavy (non-hydrogen) atoms. The van der Waals surface area contributed by atoms with Crippen molar-refractivity contribution in [2.24, 2.45) is 0 Å². The van der Waals surface area contributed by atoms with Crippen LogP contribution in [0.4, 0.5) is 0 Å². The second-order valence-corrected chi connectivity index (χ2v) is 15.6. The summed E-state index contributed by atoms with van der Waals surface area (Å²) in [6.07, 6.45) is 0. The van der Waals surface area contributed by atoms with Crippen molar-refractivity contribution in [3.05, 3.63) is 194 Å². The highest BCUT2D eigenvalue weighted by Gasteiger charge is 2.22. The molecule has 0 saturated carbocycles. The molecule has 0 aliphatic rings. The summed E-state index contributed by atoms with van der Waals surface area (Å²) >= 11 is 0. The van der Waals surface area contributed by atoms with Gasteiger partial charge in [0.25, 0.3) is 0 Å². The molecule has 0 unspecified atom stereocenters. The maximum atomic E-state index is 6.68. The van der Waals surface area contributed by atoms with E-state index in [4.69, 9.17) is 23.8 Å². The number of furan rings is 1. The summed E-state index contributed by atoms with van der Waals surface area (Å²) in [4.78, 5) is 15.6. The lowest BCUT2D eigenvalue weighted by Gasteiger charge is -2.13. The maximum absolute atomic E-state index is 6.68. The minimum absolute atomic E-state index is 0.572. The van der Waals surface area contributed by atoms with Crippen LogP contribution in [0.2, 0.25) is 0 Å². The third-order valence-electron chi connectivity index (χ3n) is 12.0. The van der Waals surface area contributed by atoms with E-state index in [0.29, 0.717) is 17.3 Å². The predicted molar refractivity (Wildman–Crippen MR) is 248 cm³/mol. The van der Waals surface area contributed by atoms with Crippen molar-refractivity contribution in [3.8, 4) is 51.0 Å². The van der Waals surface area contributed by atoms with E-state index < -0.39 is 0 Å². The smallest absolute Gasteiger partial charge is 0.227 e. The number of hydrogen-bond donors (Lipinski definition) is 0. The molecule has 6 heteroatoms. The number of fused-ring (bicyclic) bond motifs is 11. The Morgan fingerprint density at radius 2 is 1.05 bits per heavy atom. The molecule has 4 aromatic heterocycles. The normalized spacial score (nSPS) is 11.9. The number of benzene rings is 9. The first-order valence-electron chi connectivity index (χ1n) is 20.4. The Labute approximate surface area is 348 Å². The predicted octanol–water partition coefficient (Wildman–Crippen LogP) is 14.6. The molecular formula is C55H32N4O2. The lowest BCUT2D eigenvalue weighted by Crippen LogP contribution is -1.97. The molecule has 0 spiro atoms. The molecule has 0 radical (unpaired) electrons. The zero-order valence-electron chi connectivity index (χ0n) is 32.6. The van der Waals surface area contributed by atoms with Gasteiger partial charge < -0.3 is 13.4 Å². The van der Waals surface area contributed by atoms with E-state index in [1.165, 1.54) is 27.2 Å². The molecule has 0 bridgehead atoms. The summed E-state index contributed by atoms with van der Waals surface area (Å²) in [5.74, 6) is 1.22. The van der Waals surface area contributed by atoms with Crippen molar-refractivity contribution in [1.82, 2.24) is 19.5 Å². The third-order valence-corrected chi connectivity index (χ3v) is 12.0. The first-order valence-corrected chi connectivity index (χ1v) is 20.4. The van der Waals surface area contributed by atoms with Crippen LogP contribution in [0.3, 0.4) is 0 Å². The molecule has 6 nitrogen and oxygen atoms in total. The molecular weight excluding hydrogens is 749 g/mol. The van der Waals surface area contributed by atoms with Crippen LogP contribution in [0.15, 0.2) is 203 Å². The van der Waals surface area contributed by atoms with Crippen LogP contribution in [0.1, 0.15) is 0 Å². The van der Waals surface area contributed by atoms with Crippen molar-refractivity contribution in [1.29, 1.82) is 0 Å². The van der Waals surface area contributed by atoms with Crippen molar-refractivity contribution in [2.45, 2.75) is 0 Å². The summed E-state index contributed by atoms with van der Waals surface area (Å²) in [5.41, 5.74) is 11.9. The maximum Gasteiger partial charge on any atom is 0.227 e. The molecule has 284 valence electrons. The molecule has 0 N–H and O–H groups in total. The quantitative estimate of drug-likeness (QED) is 0.174. The van der Waals surface area contributed by atoms with E-state index >= 15 is 0 Å². The SMILES string of the molecule is c1ccc(-c2nc3ccc4oc5c6ccccc6c(-c6cc(-c7ccc(-n8c9ccccc9c9ccccc98)cc7)nc(-c7ccc8ccccc8c7)n6)cc5c4c3o2)cc1. The molecule has 0 atom stereocenters. The van der Waals surface area contributed by atoms with Crippen LogP contribution >= 0.6 is 0 Å². The van der Waals surface area contributed by atoms with Gasteiger partial charge in [0.15, 0.2) is 11.4 Å². The Morgan fingerprint density at radius 1 is 0.393 bits per heavy atom. The van der Waals surface area contributed by atoms with Gasteiger partial charge in [-0.25, -0.2) is 15.0 Å². The molecule has 0 amide bonds. The topological polar surface area (TPSA) is 69.9 Å². The highest BCUT2D eigenvalue weighted by atomic mass is 16.4. The fourth-order valence-corrected chi connectivity index (χ4v) is 9.16. The molecule has 0 fully saturated rings. The van der Waals surface area contributed by atoms with Gasteiger partial charge in [0, 0.05) is 49.5 Å². The van der Waals surface area contributed by atoms with Gasteiger partial charge in [-0.1, -0.05) is 127 Å². The summed E-state index contributed by atoms with van der Waals surface area (Å²) in [7, 11) is 0. The van der Waals surface area contributed by atoms with Crippen LogP contribution in [0.5, 0.6) is 0 Å². The summed E-state index contributed by atoms with van der Waals surface area (Å²) in [6, 6.07) is 67.4. The molecule has 13 rings (SSSR count). The van der Waals surface area contributed by atoms with E-state index in [1.807, 2.05) is 42.5 Å².